The summed E-state index contributed by atoms with van der Waals surface area (Å²) in [7, 11) is 4.27. The van der Waals surface area contributed by atoms with Gasteiger partial charge in [0.2, 0.25) is 0 Å². The van der Waals surface area contributed by atoms with Gasteiger partial charge in [-0.15, -0.1) is 0 Å². The van der Waals surface area contributed by atoms with E-state index in [0.29, 0.717) is 6.10 Å². The summed E-state index contributed by atoms with van der Waals surface area (Å²) in [6.45, 7) is 2.26. The van der Waals surface area contributed by atoms with Crippen LogP contribution in [0.3, 0.4) is 0 Å². The van der Waals surface area contributed by atoms with Gasteiger partial charge in [-0.1, -0.05) is 19.3 Å². The molecular weight excluding hydrogens is 150 g/mol. The average molecular weight is 171 g/mol. The molecule has 1 heterocycles. The Morgan fingerprint density at radius 1 is 1.17 bits per heavy atom. The van der Waals surface area contributed by atoms with E-state index in [4.69, 9.17) is 4.74 Å². The van der Waals surface area contributed by atoms with Gasteiger partial charge in [0.1, 0.15) is 0 Å². The lowest BCUT2D eigenvalue weighted by Gasteiger charge is -2.08. The van der Waals surface area contributed by atoms with E-state index in [2.05, 4.69) is 19.0 Å². The standard InChI is InChI=1S/C10H21NO/c1-11(2)8-6-4-3-5-7-10-9-12-10/h10H,3-9H2,1-2H3. The van der Waals surface area contributed by atoms with Gasteiger partial charge in [0.15, 0.2) is 0 Å². The number of unbranched alkanes of at least 4 members (excludes halogenated alkanes) is 3. The second kappa shape index (κ2) is 5.55. The first-order valence-corrected chi connectivity index (χ1v) is 5.05. The van der Waals surface area contributed by atoms with E-state index in [-0.39, 0.29) is 0 Å². The van der Waals surface area contributed by atoms with Crippen LogP contribution in [0.1, 0.15) is 32.1 Å². The first-order valence-electron chi connectivity index (χ1n) is 5.05. The molecule has 0 N–H and O–H groups in total. The maximum absolute atomic E-state index is 5.15. The highest BCUT2D eigenvalue weighted by atomic mass is 16.6. The molecule has 1 unspecified atom stereocenters. The second-order valence-corrected chi connectivity index (χ2v) is 3.96. The van der Waals surface area contributed by atoms with Gasteiger partial charge in [0, 0.05) is 0 Å². The average Bonchev–Trinajstić information content (AvgIpc) is 2.79. The van der Waals surface area contributed by atoms with E-state index in [1.54, 1.807) is 0 Å². The maximum Gasteiger partial charge on any atom is 0.0810 e. The summed E-state index contributed by atoms with van der Waals surface area (Å²) < 4.78 is 5.15. The smallest absolute Gasteiger partial charge is 0.0810 e. The maximum atomic E-state index is 5.15. The Balaban J connectivity index is 1.70. The Morgan fingerprint density at radius 3 is 2.42 bits per heavy atom. The van der Waals surface area contributed by atoms with E-state index in [1.807, 2.05) is 0 Å². The van der Waals surface area contributed by atoms with Crippen molar-refractivity contribution in [2.45, 2.75) is 38.2 Å². The van der Waals surface area contributed by atoms with Crippen molar-refractivity contribution in [2.75, 3.05) is 27.2 Å². The van der Waals surface area contributed by atoms with Crippen LogP contribution in [0.2, 0.25) is 0 Å². The molecule has 0 bridgehead atoms. The molecule has 2 heteroatoms. The van der Waals surface area contributed by atoms with Gasteiger partial charge < -0.3 is 9.64 Å². The van der Waals surface area contributed by atoms with Crippen LogP contribution in [0.5, 0.6) is 0 Å². The lowest BCUT2D eigenvalue weighted by Crippen LogP contribution is -2.12. The molecule has 0 aromatic heterocycles. The largest absolute Gasteiger partial charge is 0.373 e. The molecule has 1 fully saturated rings. The Morgan fingerprint density at radius 2 is 1.83 bits per heavy atom. The van der Waals surface area contributed by atoms with Gasteiger partial charge in [0.05, 0.1) is 12.7 Å². The number of hydrogen-bond acceptors (Lipinski definition) is 2. The number of ether oxygens (including phenoxy) is 1. The lowest BCUT2D eigenvalue weighted by atomic mass is 10.1. The van der Waals surface area contributed by atoms with Crippen molar-refractivity contribution in [2.24, 2.45) is 0 Å². The summed E-state index contributed by atoms with van der Waals surface area (Å²) in [4.78, 5) is 2.25. The minimum atomic E-state index is 0.638. The summed E-state index contributed by atoms with van der Waals surface area (Å²) in [5, 5.41) is 0. The Labute approximate surface area is 75.9 Å². The fourth-order valence-corrected chi connectivity index (χ4v) is 1.39. The molecule has 1 rings (SSSR count). The summed E-state index contributed by atoms with van der Waals surface area (Å²) >= 11 is 0. The van der Waals surface area contributed by atoms with E-state index in [1.165, 1.54) is 38.6 Å². The molecule has 1 aliphatic rings. The fourth-order valence-electron chi connectivity index (χ4n) is 1.39. The van der Waals surface area contributed by atoms with Gasteiger partial charge in [-0.3, -0.25) is 0 Å². The molecule has 0 amide bonds. The Bertz CT molecular complexity index is 104. The third-order valence-electron chi connectivity index (χ3n) is 2.28. The van der Waals surface area contributed by atoms with Crippen LogP contribution in [0, 0.1) is 0 Å². The molecule has 0 radical (unpaired) electrons. The molecule has 1 aliphatic heterocycles. The second-order valence-electron chi connectivity index (χ2n) is 3.96. The number of hydrogen-bond donors (Lipinski definition) is 0. The van der Waals surface area contributed by atoms with Crippen LogP contribution in [0.4, 0.5) is 0 Å². The molecule has 0 aromatic rings. The Kier molecular flexibility index (Phi) is 4.62. The molecule has 0 aromatic carbocycles. The van der Waals surface area contributed by atoms with Gasteiger partial charge in [-0.2, -0.15) is 0 Å². The van der Waals surface area contributed by atoms with Crippen molar-refractivity contribution in [1.82, 2.24) is 4.90 Å². The predicted octanol–water partition coefficient (Wildman–Crippen LogP) is 1.90. The third-order valence-corrected chi connectivity index (χ3v) is 2.28. The molecule has 2 nitrogen and oxygen atoms in total. The highest BCUT2D eigenvalue weighted by Gasteiger charge is 2.20. The molecule has 1 atom stereocenters. The zero-order chi connectivity index (χ0) is 8.81. The summed E-state index contributed by atoms with van der Waals surface area (Å²) in [5.74, 6) is 0. The third kappa shape index (κ3) is 5.56. The van der Waals surface area contributed by atoms with Crippen molar-refractivity contribution >= 4 is 0 Å². The monoisotopic (exact) mass is 171 g/mol. The van der Waals surface area contributed by atoms with Crippen molar-refractivity contribution in [1.29, 1.82) is 0 Å². The molecule has 0 saturated carbocycles. The summed E-state index contributed by atoms with van der Waals surface area (Å²) in [5.41, 5.74) is 0. The highest BCUT2D eigenvalue weighted by molar-refractivity contribution is 4.68. The van der Waals surface area contributed by atoms with E-state index >= 15 is 0 Å². The minimum Gasteiger partial charge on any atom is -0.373 e. The molecular formula is C10H21NO. The van der Waals surface area contributed by atoms with Crippen LogP contribution in [0.25, 0.3) is 0 Å². The number of epoxide rings is 1. The van der Waals surface area contributed by atoms with Crippen LogP contribution in [0.15, 0.2) is 0 Å². The minimum absolute atomic E-state index is 0.638. The van der Waals surface area contributed by atoms with Crippen molar-refractivity contribution in [3.8, 4) is 0 Å². The molecule has 1 saturated heterocycles. The van der Waals surface area contributed by atoms with E-state index in [0.717, 1.165) is 6.61 Å². The van der Waals surface area contributed by atoms with Crippen LogP contribution in [-0.2, 0) is 4.74 Å². The van der Waals surface area contributed by atoms with Gasteiger partial charge >= 0.3 is 0 Å². The quantitative estimate of drug-likeness (QED) is 0.429. The van der Waals surface area contributed by atoms with Crippen LogP contribution < -0.4 is 0 Å². The lowest BCUT2D eigenvalue weighted by molar-refractivity contribution is 0.375. The predicted molar refractivity (Wildman–Crippen MR) is 51.4 cm³/mol. The number of rotatable bonds is 7. The topological polar surface area (TPSA) is 15.8 Å². The van der Waals surface area contributed by atoms with Gasteiger partial charge in [-0.05, 0) is 33.5 Å². The highest BCUT2D eigenvalue weighted by Crippen LogP contribution is 2.17. The fraction of sp³-hybridized carbons (Fsp3) is 1.00. The zero-order valence-electron chi connectivity index (χ0n) is 8.38. The molecule has 0 spiro atoms. The van der Waals surface area contributed by atoms with Crippen molar-refractivity contribution in [3.63, 3.8) is 0 Å². The molecule has 0 aliphatic carbocycles. The number of nitrogens with zero attached hydrogens (tertiary/aromatic N) is 1. The molecule has 72 valence electrons. The van der Waals surface area contributed by atoms with Crippen molar-refractivity contribution < 1.29 is 4.74 Å². The SMILES string of the molecule is CN(C)CCCCCCC1CO1. The van der Waals surface area contributed by atoms with Gasteiger partial charge in [-0.25, -0.2) is 0 Å². The van der Waals surface area contributed by atoms with Gasteiger partial charge in [0.25, 0.3) is 0 Å². The summed E-state index contributed by atoms with van der Waals surface area (Å²) in [6.07, 6.45) is 7.40. The Hall–Kier alpha value is -0.0800. The van der Waals surface area contributed by atoms with Crippen LogP contribution >= 0.6 is 0 Å². The zero-order valence-corrected chi connectivity index (χ0v) is 8.38. The van der Waals surface area contributed by atoms with Crippen molar-refractivity contribution in [3.05, 3.63) is 0 Å². The first-order chi connectivity index (χ1) is 5.79. The molecule has 12 heavy (non-hydrogen) atoms. The van der Waals surface area contributed by atoms with Crippen LogP contribution in [-0.4, -0.2) is 38.3 Å². The first kappa shape index (κ1) is 10.0. The summed E-state index contributed by atoms with van der Waals surface area (Å²) in [6, 6.07) is 0. The van der Waals surface area contributed by atoms with E-state index < -0.39 is 0 Å². The van der Waals surface area contributed by atoms with E-state index in [9.17, 15) is 0 Å². The normalized spacial score (nSPS) is 21.8.